The Morgan fingerprint density at radius 2 is 2.14 bits per heavy atom. The molecule has 1 unspecified atom stereocenters. The van der Waals surface area contributed by atoms with Crippen molar-refractivity contribution in [3.05, 3.63) is 54.2 Å². The highest BCUT2D eigenvalue weighted by atomic mass is 16.1. The second kappa shape index (κ2) is 4.63. The number of aromatic nitrogens is 2. The van der Waals surface area contributed by atoms with Crippen LogP contribution in [-0.4, -0.2) is 22.6 Å². The Morgan fingerprint density at radius 3 is 3.10 bits per heavy atom. The van der Waals surface area contributed by atoms with Crippen molar-refractivity contribution in [2.45, 2.75) is 5.92 Å². The standard InChI is InChI=1S/C16H14N4O/c21-16(13-9-17-15-4-2-1-3-12(13)15)19-11-5-6-14-10(7-11)8-18-20-14/h1-8,13,17H,9H2,(H,18,20)(H,19,21). The molecule has 1 aliphatic heterocycles. The molecular weight excluding hydrogens is 264 g/mol. The lowest BCUT2D eigenvalue weighted by atomic mass is 10.0. The highest BCUT2D eigenvalue weighted by molar-refractivity contribution is 5.99. The number of rotatable bonds is 2. The number of hydrogen-bond acceptors (Lipinski definition) is 3. The van der Waals surface area contributed by atoms with Crippen LogP contribution in [0.4, 0.5) is 11.4 Å². The molecule has 0 aliphatic carbocycles. The summed E-state index contributed by atoms with van der Waals surface area (Å²) < 4.78 is 0. The molecule has 0 radical (unpaired) electrons. The number of nitrogens with zero attached hydrogens (tertiary/aromatic N) is 1. The topological polar surface area (TPSA) is 69.8 Å². The zero-order valence-corrected chi connectivity index (χ0v) is 11.3. The number of nitrogens with one attached hydrogen (secondary N) is 3. The van der Waals surface area contributed by atoms with E-state index >= 15 is 0 Å². The Balaban J connectivity index is 1.58. The van der Waals surface area contributed by atoms with E-state index in [9.17, 15) is 4.79 Å². The molecule has 21 heavy (non-hydrogen) atoms. The lowest BCUT2D eigenvalue weighted by Crippen LogP contribution is -2.22. The number of amides is 1. The molecule has 3 aromatic rings. The first-order valence-electron chi connectivity index (χ1n) is 6.88. The number of benzene rings is 2. The van der Waals surface area contributed by atoms with Crippen molar-refractivity contribution in [1.82, 2.24) is 10.2 Å². The molecule has 104 valence electrons. The average molecular weight is 278 g/mol. The highest BCUT2D eigenvalue weighted by Gasteiger charge is 2.28. The third-order valence-corrected chi connectivity index (χ3v) is 3.86. The number of H-pyrrole nitrogens is 1. The zero-order valence-electron chi connectivity index (χ0n) is 11.3. The first-order chi connectivity index (χ1) is 10.3. The van der Waals surface area contributed by atoms with Crippen LogP contribution in [0.5, 0.6) is 0 Å². The largest absolute Gasteiger partial charge is 0.384 e. The van der Waals surface area contributed by atoms with Gasteiger partial charge in [-0.2, -0.15) is 5.10 Å². The van der Waals surface area contributed by atoms with Crippen molar-refractivity contribution in [3.8, 4) is 0 Å². The lowest BCUT2D eigenvalue weighted by molar-refractivity contribution is -0.117. The maximum absolute atomic E-state index is 12.5. The molecule has 1 amide bonds. The molecule has 5 heteroatoms. The fourth-order valence-corrected chi connectivity index (χ4v) is 2.77. The number of carbonyl (C=O) groups is 1. The highest BCUT2D eigenvalue weighted by Crippen LogP contribution is 2.32. The molecule has 1 aliphatic rings. The van der Waals surface area contributed by atoms with Gasteiger partial charge in [0.05, 0.1) is 17.6 Å². The average Bonchev–Trinajstić information content (AvgIpc) is 3.13. The first-order valence-corrected chi connectivity index (χ1v) is 6.88. The summed E-state index contributed by atoms with van der Waals surface area (Å²) in [4.78, 5) is 12.5. The van der Waals surface area contributed by atoms with Gasteiger partial charge in [0, 0.05) is 23.3 Å². The second-order valence-electron chi connectivity index (χ2n) is 5.18. The molecule has 1 atom stereocenters. The van der Waals surface area contributed by atoms with E-state index in [2.05, 4.69) is 20.8 Å². The Labute approximate surface area is 121 Å². The summed E-state index contributed by atoms with van der Waals surface area (Å²) in [5, 5.41) is 14.1. The van der Waals surface area contributed by atoms with Crippen LogP contribution in [0.1, 0.15) is 11.5 Å². The van der Waals surface area contributed by atoms with Crippen molar-refractivity contribution in [1.29, 1.82) is 0 Å². The number of anilines is 2. The Kier molecular flexibility index (Phi) is 2.64. The van der Waals surface area contributed by atoms with E-state index in [1.165, 1.54) is 0 Å². The van der Waals surface area contributed by atoms with Crippen LogP contribution in [-0.2, 0) is 4.79 Å². The van der Waals surface area contributed by atoms with Crippen LogP contribution in [0.2, 0.25) is 0 Å². The molecule has 2 heterocycles. The summed E-state index contributed by atoms with van der Waals surface area (Å²) in [7, 11) is 0. The van der Waals surface area contributed by atoms with E-state index in [4.69, 9.17) is 0 Å². The van der Waals surface area contributed by atoms with Crippen molar-refractivity contribution >= 4 is 28.2 Å². The number of aromatic amines is 1. The summed E-state index contributed by atoms with van der Waals surface area (Å²) in [6, 6.07) is 13.7. The van der Waals surface area contributed by atoms with Crippen LogP contribution >= 0.6 is 0 Å². The van der Waals surface area contributed by atoms with Gasteiger partial charge in [-0.1, -0.05) is 18.2 Å². The number of hydrogen-bond donors (Lipinski definition) is 3. The van der Waals surface area contributed by atoms with Gasteiger partial charge >= 0.3 is 0 Å². The van der Waals surface area contributed by atoms with Gasteiger partial charge in [0.1, 0.15) is 0 Å². The molecule has 4 rings (SSSR count). The zero-order chi connectivity index (χ0) is 14.2. The molecule has 1 aromatic heterocycles. The van der Waals surface area contributed by atoms with E-state index < -0.39 is 0 Å². The minimum Gasteiger partial charge on any atom is -0.384 e. The van der Waals surface area contributed by atoms with Crippen LogP contribution in [0.3, 0.4) is 0 Å². The van der Waals surface area contributed by atoms with E-state index in [-0.39, 0.29) is 11.8 Å². The van der Waals surface area contributed by atoms with Gasteiger partial charge in [0.2, 0.25) is 5.91 Å². The Hall–Kier alpha value is -2.82. The van der Waals surface area contributed by atoms with Crippen LogP contribution in [0.15, 0.2) is 48.7 Å². The summed E-state index contributed by atoms with van der Waals surface area (Å²) in [5.74, 6) is -0.142. The lowest BCUT2D eigenvalue weighted by Gasteiger charge is -2.11. The third-order valence-electron chi connectivity index (χ3n) is 3.86. The molecule has 2 aromatic carbocycles. The minimum absolute atomic E-state index is 0.00953. The van der Waals surface area contributed by atoms with E-state index in [0.717, 1.165) is 27.8 Å². The first kappa shape index (κ1) is 12.0. The maximum Gasteiger partial charge on any atom is 0.233 e. The fraction of sp³-hybridized carbons (Fsp3) is 0.125. The van der Waals surface area contributed by atoms with Crippen molar-refractivity contribution in [2.24, 2.45) is 0 Å². The molecule has 0 fully saturated rings. The normalized spacial score (nSPS) is 16.5. The van der Waals surface area contributed by atoms with Crippen LogP contribution in [0.25, 0.3) is 10.9 Å². The van der Waals surface area contributed by atoms with Crippen molar-refractivity contribution < 1.29 is 4.79 Å². The molecule has 0 spiro atoms. The number of para-hydroxylation sites is 1. The monoisotopic (exact) mass is 278 g/mol. The van der Waals surface area contributed by atoms with Crippen LogP contribution < -0.4 is 10.6 Å². The predicted octanol–water partition coefficient (Wildman–Crippen LogP) is 2.71. The molecule has 0 saturated heterocycles. The second-order valence-corrected chi connectivity index (χ2v) is 5.18. The van der Waals surface area contributed by atoms with Gasteiger partial charge in [0.15, 0.2) is 0 Å². The van der Waals surface area contributed by atoms with E-state index in [1.54, 1.807) is 6.20 Å². The smallest absolute Gasteiger partial charge is 0.233 e. The fourth-order valence-electron chi connectivity index (χ4n) is 2.77. The maximum atomic E-state index is 12.5. The summed E-state index contributed by atoms with van der Waals surface area (Å²) in [6.07, 6.45) is 1.75. The number of carbonyl (C=O) groups excluding carboxylic acids is 1. The van der Waals surface area contributed by atoms with Gasteiger partial charge < -0.3 is 10.6 Å². The van der Waals surface area contributed by atoms with Crippen LogP contribution in [0, 0.1) is 0 Å². The summed E-state index contributed by atoms with van der Waals surface area (Å²) in [5.41, 5.74) is 3.85. The summed E-state index contributed by atoms with van der Waals surface area (Å²) in [6.45, 7) is 0.638. The molecule has 0 bridgehead atoms. The Morgan fingerprint density at radius 1 is 1.24 bits per heavy atom. The molecular formula is C16H14N4O. The predicted molar refractivity (Wildman–Crippen MR) is 82.4 cm³/mol. The molecule has 3 N–H and O–H groups in total. The van der Waals surface area contributed by atoms with Gasteiger partial charge in [-0.25, -0.2) is 0 Å². The minimum atomic E-state index is -0.152. The third kappa shape index (κ3) is 2.03. The SMILES string of the molecule is O=C(Nc1ccc2[nH]ncc2c1)C1CNc2ccccc21. The number of fused-ring (bicyclic) bond motifs is 2. The van der Waals surface area contributed by atoms with Gasteiger partial charge in [0.25, 0.3) is 0 Å². The van der Waals surface area contributed by atoms with E-state index in [0.29, 0.717) is 6.54 Å². The van der Waals surface area contributed by atoms with Gasteiger partial charge in [-0.15, -0.1) is 0 Å². The van der Waals surface area contributed by atoms with Crippen molar-refractivity contribution in [3.63, 3.8) is 0 Å². The summed E-state index contributed by atoms with van der Waals surface area (Å²) >= 11 is 0. The Bertz CT molecular complexity index is 824. The molecule has 0 saturated carbocycles. The van der Waals surface area contributed by atoms with E-state index in [1.807, 2.05) is 42.5 Å². The van der Waals surface area contributed by atoms with Crippen molar-refractivity contribution in [2.75, 3.05) is 17.2 Å². The molecule has 5 nitrogen and oxygen atoms in total. The van der Waals surface area contributed by atoms with Gasteiger partial charge in [-0.3, -0.25) is 9.89 Å². The van der Waals surface area contributed by atoms with Gasteiger partial charge in [-0.05, 0) is 29.8 Å². The quantitative estimate of drug-likeness (QED) is 0.675.